The van der Waals surface area contributed by atoms with Crippen molar-refractivity contribution in [1.82, 2.24) is 5.32 Å². The minimum absolute atomic E-state index is 0. The van der Waals surface area contributed by atoms with Crippen molar-refractivity contribution in [2.45, 2.75) is 38.3 Å². The Morgan fingerprint density at radius 1 is 1.42 bits per heavy atom. The van der Waals surface area contributed by atoms with Gasteiger partial charge in [-0.25, -0.2) is 8.42 Å². The molecule has 1 aliphatic heterocycles. The van der Waals surface area contributed by atoms with Crippen molar-refractivity contribution in [3.8, 4) is 0 Å². The molecule has 2 aliphatic rings. The highest BCUT2D eigenvalue weighted by atomic mass is 35.5. The molecule has 2 unspecified atom stereocenters. The zero-order chi connectivity index (χ0) is 16.8. The molecule has 3 rings (SSSR count). The van der Waals surface area contributed by atoms with Crippen LogP contribution >= 0.6 is 12.4 Å². The number of hydrogen-bond donors (Lipinski definition) is 2. The van der Waals surface area contributed by atoms with Gasteiger partial charge in [-0.3, -0.25) is 9.10 Å². The molecule has 2 atom stereocenters. The monoisotopic (exact) mass is 373 g/mol. The molecule has 1 fully saturated rings. The Morgan fingerprint density at radius 3 is 2.67 bits per heavy atom. The van der Waals surface area contributed by atoms with Gasteiger partial charge in [0.2, 0.25) is 10.0 Å². The number of carbonyl (C=O) groups excluding carboxylic acids is 1. The maximum Gasteiger partial charge on any atom is 0.251 e. The Balaban J connectivity index is 0.00000208. The van der Waals surface area contributed by atoms with Crippen LogP contribution < -0.4 is 15.4 Å². The molecule has 24 heavy (non-hydrogen) atoms. The quantitative estimate of drug-likeness (QED) is 0.813. The van der Waals surface area contributed by atoms with E-state index in [1.807, 2.05) is 6.92 Å². The van der Waals surface area contributed by atoms with Crippen molar-refractivity contribution >= 4 is 34.0 Å². The van der Waals surface area contributed by atoms with E-state index in [9.17, 15) is 13.2 Å². The van der Waals surface area contributed by atoms with Crippen molar-refractivity contribution in [2.75, 3.05) is 17.1 Å². The van der Waals surface area contributed by atoms with E-state index in [2.05, 4.69) is 5.32 Å². The summed E-state index contributed by atoms with van der Waals surface area (Å²) < 4.78 is 25.2. The number of anilines is 1. The molecule has 134 valence electrons. The minimum atomic E-state index is -3.31. The number of sulfonamides is 1. The SMILES string of the molecule is CC1Cc2cc(C(=O)NCC(N)C3CC3)ccc2N1S(C)(=O)=O.Cl. The van der Waals surface area contributed by atoms with Crippen LogP contribution in [0.5, 0.6) is 0 Å². The summed E-state index contributed by atoms with van der Waals surface area (Å²) in [5.74, 6) is 0.383. The highest BCUT2D eigenvalue weighted by Gasteiger charge is 2.33. The molecule has 0 spiro atoms. The van der Waals surface area contributed by atoms with Gasteiger partial charge in [0.15, 0.2) is 0 Å². The number of hydrogen-bond acceptors (Lipinski definition) is 4. The van der Waals surface area contributed by atoms with Crippen LogP contribution in [0.15, 0.2) is 18.2 Å². The maximum absolute atomic E-state index is 12.3. The Hall–Kier alpha value is -1.31. The molecule has 8 heteroatoms. The molecule has 0 saturated heterocycles. The lowest BCUT2D eigenvalue weighted by molar-refractivity contribution is 0.0950. The third-order valence-corrected chi connectivity index (χ3v) is 5.85. The average Bonchev–Trinajstić information content (AvgIpc) is 3.24. The van der Waals surface area contributed by atoms with Crippen LogP contribution in [-0.4, -0.2) is 39.2 Å². The fraction of sp³-hybridized carbons (Fsp3) is 0.562. The van der Waals surface area contributed by atoms with Crippen LogP contribution in [0.3, 0.4) is 0 Å². The molecule has 1 heterocycles. The fourth-order valence-corrected chi connectivity index (χ4v) is 4.52. The van der Waals surface area contributed by atoms with Gasteiger partial charge in [0.25, 0.3) is 5.91 Å². The number of rotatable bonds is 5. The Labute approximate surface area is 149 Å². The first kappa shape index (κ1) is 19.0. The highest BCUT2D eigenvalue weighted by molar-refractivity contribution is 7.92. The summed E-state index contributed by atoms with van der Waals surface area (Å²) in [6, 6.07) is 5.08. The summed E-state index contributed by atoms with van der Waals surface area (Å²) in [7, 11) is -3.31. The Morgan fingerprint density at radius 2 is 2.08 bits per heavy atom. The third-order valence-electron chi connectivity index (χ3n) is 4.58. The van der Waals surface area contributed by atoms with Crippen molar-refractivity contribution in [1.29, 1.82) is 0 Å². The van der Waals surface area contributed by atoms with Crippen LogP contribution in [-0.2, 0) is 16.4 Å². The van der Waals surface area contributed by atoms with Crippen LogP contribution in [0.1, 0.15) is 35.7 Å². The lowest BCUT2D eigenvalue weighted by Crippen LogP contribution is -2.38. The first-order valence-electron chi connectivity index (χ1n) is 7.93. The predicted molar refractivity (Wildman–Crippen MR) is 97.2 cm³/mol. The highest BCUT2D eigenvalue weighted by Crippen LogP contribution is 2.34. The number of amides is 1. The second-order valence-corrected chi connectivity index (χ2v) is 8.53. The van der Waals surface area contributed by atoms with E-state index in [1.54, 1.807) is 18.2 Å². The summed E-state index contributed by atoms with van der Waals surface area (Å²) in [6.45, 7) is 2.35. The van der Waals surface area contributed by atoms with Crippen LogP contribution in [0.25, 0.3) is 0 Å². The topological polar surface area (TPSA) is 92.5 Å². The molecule has 1 aromatic carbocycles. The molecule has 0 aromatic heterocycles. The molecule has 3 N–H and O–H groups in total. The number of carbonyl (C=O) groups is 1. The molecule has 1 aliphatic carbocycles. The lowest BCUT2D eigenvalue weighted by Gasteiger charge is -2.22. The Kier molecular flexibility index (Phi) is 5.47. The first-order valence-corrected chi connectivity index (χ1v) is 9.78. The summed E-state index contributed by atoms with van der Waals surface area (Å²) in [4.78, 5) is 12.3. The molecule has 1 amide bonds. The number of halogens is 1. The maximum atomic E-state index is 12.3. The average molecular weight is 374 g/mol. The Bertz CT molecular complexity index is 734. The summed E-state index contributed by atoms with van der Waals surface area (Å²) in [5.41, 5.74) is 8.11. The molecule has 6 nitrogen and oxygen atoms in total. The van der Waals surface area contributed by atoms with E-state index in [0.717, 1.165) is 18.4 Å². The van der Waals surface area contributed by atoms with Gasteiger partial charge >= 0.3 is 0 Å². The summed E-state index contributed by atoms with van der Waals surface area (Å²) in [5, 5.41) is 2.87. The van der Waals surface area contributed by atoms with E-state index in [4.69, 9.17) is 5.73 Å². The number of nitrogens with one attached hydrogen (secondary N) is 1. The van der Waals surface area contributed by atoms with Gasteiger partial charge in [-0.1, -0.05) is 0 Å². The zero-order valence-electron chi connectivity index (χ0n) is 13.9. The van der Waals surface area contributed by atoms with Crippen molar-refractivity contribution in [2.24, 2.45) is 11.7 Å². The molecule has 0 radical (unpaired) electrons. The predicted octanol–water partition coefficient (Wildman–Crippen LogP) is 1.29. The van der Waals surface area contributed by atoms with E-state index >= 15 is 0 Å². The standard InChI is InChI=1S/C16H23N3O3S.ClH/c1-10-7-13-8-12(5-6-15(13)19(10)23(2,21)22)16(20)18-9-14(17)11-3-4-11;/h5-6,8,10-11,14H,3-4,7,9,17H2,1-2H3,(H,18,20);1H. The van der Waals surface area contributed by atoms with Crippen LogP contribution in [0.4, 0.5) is 5.69 Å². The first-order chi connectivity index (χ1) is 10.8. The van der Waals surface area contributed by atoms with Gasteiger partial charge < -0.3 is 11.1 Å². The van der Waals surface area contributed by atoms with Crippen molar-refractivity contribution in [3.05, 3.63) is 29.3 Å². The number of fused-ring (bicyclic) bond motifs is 1. The zero-order valence-corrected chi connectivity index (χ0v) is 15.5. The van der Waals surface area contributed by atoms with Crippen molar-refractivity contribution in [3.63, 3.8) is 0 Å². The summed E-state index contributed by atoms with van der Waals surface area (Å²) >= 11 is 0. The second kappa shape index (κ2) is 6.90. The molecule has 1 saturated carbocycles. The van der Waals surface area contributed by atoms with E-state index in [1.165, 1.54) is 10.6 Å². The normalized spacial score (nSPS) is 21.0. The number of nitrogens with zero attached hydrogens (tertiary/aromatic N) is 1. The largest absolute Gasteiger partial charge is 0.350 e. The van der Waals surface area contributed by atoms with Gasteiger partial charge in [0.1, 0.15) is 0 Å². The second-order valence-electron chi connectivity index (χ2n) is 6.67. The smallest absolute Gasteiger partial charge is 0.251 e. The van der Waals surface area contributed by atoms with Gasteiger partial charge in [0, 0.05) is 24.2 Å². The lowest BCUT2D eigenvalue weighted by atomic mass is 10.1. The van der Waals surface area contributed by atoms with Crippen molar-refractivity contribution < 1.29 is 13.2 Å². The molecule has 0 bridgehead atoms. The van der Waals surface area contributed by atoms with E-state index < -0.39 is 10.0 Å². The van der Waals surface area contributed by atoms with Gasteiger partial charge in [0.05, 0.1) is 11.9 Å². The third kappa shape index (κ3) is 3.84. The number of benzene rings is 1. The van der Waals surface area contributed by atoms with Crippen LogP contribution in [0.2, 0.25) is 0 Å². The molecular formula is C16H24ClN3O3S. The van der Waals surface area contributed by atoms with E-state index in [-0.39, 0.29) is 30.4 Å². The van der Waals surface area contributed by atoms with E-state index in [0.29, 0.717) is 30.1 Å². The molecule has 1 aromatic rings. The molecular weight excluding hydrogens is 350 g/mol. The van der Waals surface area contributed by atoms with Crippen LogP contribution in [0, 0.1) is 5.92 Å². The number of nitrogens with two attached hydrogens (primary N) is 1. The summed E-state index contributed by atoms with van der Waals surface area (Å²) in [6.07, 6.45) is 4.12. The van der Waals surface area contributed by atoms with Gasteiger partial charge in [-0.15, -0.1) is 12.4 Å². The van der Waals surface area contributed by atoms with Gasteiger partial charge in [-0.05, 0) is 55.9 Å². The van der Waals surface area contributed by atoms with Gasteiger partial charge in [-0.2, -0.15) is 0 Å². The minimum Gasteiger partial charge on any atom is -0.350 e. The fourth-order valence-electron chi connectivity index (χ4n) is 3.25.